The molecule has 0 aliphatic rings. The van der Waals surface area contributed by atoms with Gasteiger partial charge in [0, 0.05) is 75.6 Å². The summed E-state index contributed by atoms with van der Waals surface area (Å²) in [5.74, 6) is 0. The normalized spacial score (nSPS) is 12.5. The van der Waals surface area contributed by atoms with E-state index in [0.717, 1.165) is 44.5 Å². The second kappa shape index (κ2) is 9.94. The Hall–Kier alpha value is -6.82. The summed E-state index contributed by atoms with van der Waals surface area (Å²) in [6, 6.07) is 59.9. The molecule has 53 heavy (non-hydrogen) atoms. The zero-order chi connectivity index (χ0) is 34.4. The summed E-state index contributed by atoms with van der Waals surface area (Å²) in [5, 5.41) is 9.90. The zero-order valence-corrected chi connectivity index (χ0v) is 29.1. The second-order valence-electron chi connectivity index (χ2n) is 14.1. The van der Waals surface area contributed by atoms with Crippen molar-refractivity contribution in [1.82, 2.24) is 8.80 Å². The number of nitrogens with zero attached hydrogens (tertiary/aromatic N) is 3. The third-order valence-electron chi connectivity index (χ3n) is 11.4. The molecular formula is C48H27N3OS. The third-order valence-corrected chi connectivity index (χ3v) is 12.6. The van der Waals surface area contributed by atoms with Gasteiger partial charge in [0.05, 0.1) is 33.1 Å². The molecule has 13 rings (SSSR count). The molecule has 5 heteroatoms. The van der Waals surface area contributed by atoms with E-state index in [1.165, 1.54) is 69.3 Å². The number of aromatic nitrogens is 2. The van der Waals surface area contributed by atoms with E-state index < -0.39 is 0 Å². The van der Waals surface area contributed by atoms with Crippen molar-refractivity contribution in [1.29, 1.82) is 0 Å². The third kappa shape index (κ3) is 3.59. The van der Waals surface area contributed by atoms with Crippen molar-refractivity contribution in [2.24, 2.45) is 0 Å². The SMILES string of the molecule is c1ccc2c(c1)oc1cc(N(c3ccc4sc5ccccc5c4c3)c3ccc4c(c3)n3c5ccccc5c5ccc6c7ccccc7n4c6c53)ccc12. The van der Waals surface area contributed by atoms with Crippen molar-refractivity contribution >= 4 is 125 Å². The Morgan fingerprint density at radius 1 is 0.358 bits per heavy atom. The molecule has 5 heterocycles. The fourth-order valence-corrected chi connectivity index (χ4v) is 10.3. The lowest BCUT2D eigenvalue weighted by molar-refractivity contribution is 0.669. The summed E-state index contributed by atoms with van der Waals surface area (Å²) in [7, 11) is 0. The number of hydrogen-bond donors (Lipinski definition) is 0. The summed E-state index contributed by atoms with van der Waals surface area (Å²) < 4.78 is 14.0. The van der Waals surface area contributed by atoms with Gasteiger partial charge in [0.1, 0.15) is 11.2 Å². The Morgan fingerprint density at radius 3 is 1.70 bits per heavy atom. The van der Waals surface area contributed by atoms with Gasteiger partial charge < -0.3 is 18.1 Å². The summed E-state index contributed by atoms with van der Waals surface area (Å²) >= 11 is 1.85. The summed E-state index contributed by atoms with van der Waals surface area (Å²) in [5.41, 5.74) is 12.3. The van der Waals surface area contributed by atoms with Crippen molar-refractivity contribution in [2.45, 2.75) is 0 Å². The van der Waals surface area contributed by atoms with Gasteiger partial charge in [-0.05, 0) is 72.8 Å². The maximum Gasteiger partial charge on any atom is 0.137 e. The fraction of sp³-hybridized carbons (Fsp3) is 0. The summed E-state index contributed by atoms with van der Waals surface area (Å²) in [4.78, 5) is 2.39. The number of rotatable bonds is 3. The lowest BCUT2D eigenvalue weighted by Gasteiger charge is -2.26. The lowest BCUT2D eigenvalue weighted by atomic mass is 10.1. The van der Waals surface area contributed by atoms with E-state index in [0.29, 0.717) is 0 Å². The second-order valence-corrected chi connectivity index (χ2v) is 15.2. The Kier molecular flexibility index (Phi) is 5.22. The van der Waals surface area contributed by atoms with E-state index in [1.54, 1.807) is 0 Å². The van der Waals surface area contributed by atoms with Gasteiger partial charge in [-0.25, -0.2) is 0 Å². The Balaban J connectivity index is 1.15. The van der Waals surface area contributed by atoms with Crippen LogP contribution in [0.1, 0.15) is 0 Å². The van der Waals surface area contributed by atoms with Crippen LogP contribution in [0.2, 0.25) is 0 Å². The van der Waals surface area contributed by atoms with Gasteiger partial charge in [-0.3, -0.25) is 0 Å². The molecule has 0 fully saturated rings. The molecule has 5 aromatic heterocycles. The maximum atomic E-state index is 6.47. The Morgan fingerprint density at radius 2 is 0.906 bits per heavy atom. The standard InChI is InChI=1S/C48H27N3OS/c1-5-13-39-31(9-1)36-21-22-37-32-10-2-6-14-40(32)51-42-26-29(18-23-41(42)50(39)47(36)48(37)51)49(28-19-24-46-38(25-28)35-12-4-8-16-45(35)53-46)30-17-20-34-33-11-3-7-15-43(33)52-44(34)27-30/h1-27H. The topological polar surface area (TPSA) is 25.2 Å². The van der Waals surface area contributed by atoms with Crippen LogP contribution in [0.3, 0.4) is 0 Å². The van der Waals surface area contributed by atoms with Gasteiger partial charge in [0.25, 0.3) is 0 Å². The Bertz CT molecular complexity index is 3650. The molecule has 0 bridgehead atoms. The van der Waals surface area contributed by atoms with Crippen LogP contribution < -0.4 is 4.90 Å². The molecule has 4 nitrogen and oxygen atoms in total. The number of thiophene rings is 1. The first kappa shape index (κ1) is 27.8. The number of para-hydroxylation sites is 3. The molecule has 0 aliphatic heterocycles. The largest absolute Gasteiger partial charge is 0.456 e. The molecule has 8 aromatic carbocycles. The van der Waals surface area contributed by atoms with Gasteiger partial charge in [-0.1, -0.05) is 84.9 Å². The molecule has 246 valence electrons. The van der Waals surface area contributed by atoms with Gasteiger partial charge in [-0.2, -0.15) is 0 Å². The van der Waals surface area contributed by atoms with E-state index in [2.05, 4.69) is 165 Å². The average Bonchev–Trinajstić information content (AvgIpc) is 3.96. The zero-order valence-electron chi connectivity index (χ0n) is 28.2. The van der Waals surface area contributed by atoms with Gasteiger partial charge in [0.15, 0.2) is 0 Å². The van der Waals surface area contributed by atoms with Crippen LogP contribution >= 0.6 is 11.3 Å². The smallest absolute Gasteiger partial charge is 0.137 e. The van der Waals surface area contributed by atoms with Crippen molar-refractivity contribution in [3.8, 4) is 0 Å². The number of fused-ring (bicyclic) bond motifs is 15. The highest BCUT2D eigenvalue weighted by molar-refractivity contribution is 7.25. The van der Waals surface area contributed by atoms with Gasteiger partial charge in [-0.15, -0.1) is 11.3 Å². The van der Waals surface area contributed by atoms with Crippen molar-refractivity contribution in [3.63, 3.8) is 0 Å². The average molecular weight is 694 g/mol. The first-order valence-corrected chi connectivity index (χ1v) is 18.8. The van der Waals surface area contributed by atoms with Crippen LogP contribution in [0, 0.1) is 0 Å². The molecule has 0 spiro atoms. The van der Waals surface area contributed by atoms with E-state index in [4.69, 9.17) is 4.42 Å². The van der Waals surface area contributed by atoms with Crippen molar-refractivity contribution in [2.75, 3.05) is 4.90 Å². The van der Waals surface area contributed by atoms with Crippen LogP contribution in [0.4, 0.5) is 17.1 Å². The van der Waals surface area contributed by atoms with Crippen LogP contribution in [0.15, 0.2) is 168 Å². The molecule has 0 radical (unpaired) electrons. The maximum absolute atomic E-state index is 6.47. The van der Waals surface area contributed by atoms with Gasteiger partial charge >= 0.3 is 0 Å². The fourth-order valence-electron chi connectivity index (χ4n) is 9.17. The Labute approximate surface area is 305 Å². The number of hydrogen-bond acceptors (Lipinski definition) is 3. The molecule has 0 amide bonds. The summed E-state index contributed by atoms with van der Waals surface area (Å²) in [6.07, 6.45) is 0. The molecule has 0 saturated heterocycles. The molecule has 0 aliphatic carbocycles. The van der Waals surface area contributed by atoms with E-state index in [-0.39, 0.29) is 0 Å². The minimum Gasteiger partial charge on any atom is -0.456 e. The highest BCUT2D eigenvalue weighted by atomic mass is 32.1. The first-order chi connectivity index (χ1) is 26.3. The predicted molar refractivity (Wildman–Crippen MR) is 224 cm³/mol. The van der Waals surface area contributed by atoms with Crippen LogP contribution in [-0.2, 0) is 0 Å². The summed E-state index contributed by atoms with van der Waals surface area (Å²) in [6.45, 7) is 0. The van der Waals surface area contributed by atoms with Crippen LogP contribution in [-0.4, -0.2) is 8.80 Å². The monoisotopic (exact) mass is 693 g/mol. The van der Waals surface area contributed by atoms with E-state index in [9.17, 15) is 0 Å². The van der Waals surface area contributed by atoms with Crippen molar-refractivity contribution in [3.05, 3.63) is 164 Å². The molecule has 0 atom stereocenters. The number of furan rings is 1. The predicted octanol–water partition coefficient (Wildman–Crippen LogP) is 14.0. The molecule has 0 unspecified atom stereocenters. The number of anilines is 3. The first-order valence-electron chi connectivity index (χ1n) is 18.0. The minimum absolute atomic E-state index is 0.877. The van der Waals surface area contributed by atoms with Crippen LogP contribution in [0.25, 0.3) is 96.8 Å². The molecule has 0 N–H and O–H groups in total. The highest BCUT2D eigenvalue weighted by Gasteiger charge is 2.23. The highest BCUT2D eigenvalue weighted by Crippen LogP contribution is 2.46. The lowest BCUT2D eigenvalue weighted by Crippen LogP contribution is -2.10. The molecular weight excluding hydrogens is 667 g/mol. The molecule has 13 aromatic rings. The quantitative estimate of drug-likeness (QED) is 0.172. The minimum atomic E-state index is 0.877. The number of benzene rings is 8. The molecule has 0 saturated carbocycles. The van der Waals surface area contributed by atoms with E-state index >= 15 is 0 Å². The van der Waals surface area contributed by atoms with Crippen molar-refractivity contribution < 1.29 is 4.42 Å². The van der Waals surface area contributed by atoms with Gasteiger partial charge in [0.2, 0.25) is 0 Å². The van der Waals surface area contributed by atoms with Crippen LogP contribution in [0.5, 0.6) is 0 Å². The van der Waals surface area contributed by atoms with E-state index in [1.807, 2.05) is 23.5 Å².